The fourth-order valence-electron chi connectivity index (χ4n) is 4.29. The third kappa shape index (κ3) is 1.54. The Labute approximate surface area is 139 Å². The molecule has 0 radical (unpaired) electrons. The average Bonchev–Trinajstić information content (AvgIpc) is 2.92. The second kappa shape index (κ2) is 4.60. The summed E-state index contributed by atoms with van der Waals surface area (Å²) in [6.45, 7) is 0. The number of hydrogen-bond acceptors (Lipinski definition) is 3. The van der Waals surface area contributed by atoms with Gasteiger partial charge < -0.3 is 9.47 Å². The van der Waals surface area contributed by atoms with Gasteiger partial charge in [0.15, 0.2) is 5.60 Å². The summed E-state index contributed by atoms with van der Waals surface area (Å²) < 4.78 is 11.5. The van der Waals surface area contributed by atoms with Crippen LogP contribution in [0, 0.1) is 0 Å². The van der Waals surface area contributed by atoms with Crippen molar-refractivity contribution < 1.29 is 14.3 Å². The molecule has 3 heteroatoms. The summed E-state index contributed by atoms with van der Waals surface area (Å²) >= 11 is 0. The monoisotopic (exact) mass is 316 g/mol. The number of carbonyl (C=O) groups excluding carboxylic acids is 1. The number of benzene rings is 3. The van der Waals surface area contributed by atoms with E-state index in [-0.39, 0.29) is 5.97 Å². The summed E-state index contributed by atoms with van der Waals surface area (Å²) in [6, 6.07) is 18.1. The van der Waals surface area contributed by atoms with Crippen LogP contribution < -0.4 is 4.74 Å². The molecule has 3 nitrogen and oxygen atoms in total. The van der Waals surface area contributed by atoms with E-state index in [4.69, 9.17) is 9.47 Å². The lowest BCUT2D eigenvalue weighted by Crippen LogP contribution is -2.31. The van der Waals surface area contributed by atoms with Crippen molar-refractivity contribution in [1.82, 2.24) is 0 Å². The van der Waals surface area contributed by atoms with Crippen molar-refractivity contribution in [3.63, 3.8) is 0 Å². The van der Waals surface area contributed by atoms with Crippen LogP contribution >= 0.6 is 0 Å². The second-order valence-electron chi connectivity index (χ2n) is 6.42. The Morgan fingerprint density at radius 1 is 1.00 bits per heavy atom. The van der Waals surface area contributed by atoms with Crippen molar-refractivity contribution in [2.24, 2.45) is 0 Å². The molecule has 24 heavy (non-hydrogen) atoms. The van der Waals surface area contributed by atoms with E-state index < -0.39 is 5.60 Å². The van der Waals surface area contributed by atoms with Gasteiger partial charge in [0.25, 0.3) is 0 Å². The van der Waals surface area contributed by atoms with Crippen molar-refractivity contribution in [1.29, 1.82) is 0 Å². The topological polar surface area (TPSA) is 35.5 Å². The minimum absolute atomic E-state index is 0.228. The first-order valence-electron chi connectivity index (χ1n) is 8.16. The third-order valence-corrected chi connectivity index (χ3v) is 5.34. The lowest BCUT2D eigenvalue weighted by Gasteiger charge is -2.35. The SMILES string of the molecule is COc1ccc2c3c(cccc13)[C@@]1(CC2)OC(=O)c2ccccc21. The van der Waals surface area contributed by atoms with E-state index >= 15 is 0 Å². The van der Waals surface area contributed by atoms with Crippen LogP contribution in [0.2, 0.25) is 0 Å². The van der Waals surface area contributed by atoms with Gasteiger partial charge in [-0.05, 0) is 35.9 Å². The molecule has 1 atom stereocenters. The predicted molar refractivity (Wildman–Crippen MR) is 91.5 cm³/mol. The molecule has 0 aromatic heterocycles. The predicted octanol–water partition coefficient (Wildman–Crippen LogP) is 4.21. The molecule has 2 aliphatic rings. The van der Waals surface area contributed by atoms with Gasteiger partial charge >= 0.3 is 5.97 Å². The summed E-state index contributed by atoms with van der Waals surface area (Å²) in [5.74, 6) is 0.624. The molecule has 0 N–H and O–H groups in total. The Kier molecular flexibility index (Phi) is 2.61. The standard InChI is InChI=1S/C21H16O3/c1-23-18-10-9-13-11-12-21(17-8-4-6-15(18)19(13)17)16-7-3-2-5-14(16)20(22)24-21/h2-10H,11-12H2,1H3/t21-/m0/s1. The van der Waals surface area contributed by atoms with Crippen LogP contribution in [0.3, 0.4) is 0 Å². The van der Waals surface area contributed by atoms with Crippen molar-refractivity contribution >= 4 is 16.7 Å². The maximum atomic E-state index is 12.4. The quantitative estimate of drug-likeness (QED) is 0.631. The minimum Gasteiger partial charge on any atom is -0.496 e. The largest absolute Gasteiger partial charge is 0.496 e. The van der Waals surface area contributed by atoms with E-state index in [9.17, 15) is 4.79 Å². The molecule has 1 aliphatic heterocycles. The molecule has 3 aromatic carbocycles. The molecule has 5 rings (SSSR count). The number of hydrogen-bond donors (Lipinski definition) is 0. The molecule has 0 amide bonds. The van der Waals surface area contributed by atoms with Crippen LogP contribution in [0.25, 0.3) is 10.8 Å². The van der Waals surface area contributed by atoms with Gasteiger partial charge in [-0.1, -0.05) is 42.5 Å². The number of methoxy groups -OCH3 is 1. The number of ether oxygens (including phenoxy) is 2. The first kappa shape index (κ1) is 13.6. The zero-order chi connectivity index (χ0) is 16.3. The average molecular weight is 316 g/mol. The summed E-state index contributed by atoms with van der Waals surface area (Å²) in [6.07, 6.45) is 1.65. The highest BCUT2D eigenvalue weighted by Crippen LogP contribution is 2.51. The number of aryl methyl sites for hydroxylation is 1. The molecule has 0 unspecified atom stereocenters. The van der Waals surface area contributed by atoms with Gasteiger partial charge in [0.05, 0.1) is 12.7 Å². The fraction of sp³-hybridized carbons (Fsp3) is 0.190. The first-order valence-corrected chi connectivity index (χ1v) is 8.16. The van der Waals surface area contributed by atoms with Crippen LogP contribution in [0.4, 0.5) is 0 Å². The van der Waals surface area contributed by atoms with Crippen molar-refractivity contribution in [3.8, 4) is 5.75 Å². The summed E-state index contributed by atoms with van der Waals surface area (Å²) in [4.78, 5) is 12.4. The van der Waals surface area contributed by atoms with E-state index in [1.54, 1.807) is 7.11 Å². The maximum absolute atomic E-state index is 12.4. The molecule has 3 aromatic rings. The van der Waals surface area contributed by atoms with E-state index in [0.717, 1.165) is 40.5 Å². The van der Waals surface area contributed by atoms with Gasteiger partial charge in [-0.2, -0.15) is 0 Å². The lowest BCUT2D eigenvalue weighted by atomic mass is 9.74. The number of rotatable bonds is 1. The highest BCUT2D eigenvalue weighted by molar-refractivity contribution is 6.00. The molecule has 118 valence electrons. The van der Waals surface area contributed by atoms with Gasteiger partial charge in [0.1, 0.15) is 5.75 Å². The molecule has 0 saturated carbocycles. The Hall–Kier alpha value is -2.81. The third-order valence-electron chi connectivity index (χ3n) is 5.34. The number of carbonyl (C=O) groups is 1. The van der Waals surface area contributed by atoms with Crippen molar-refractivity contribution in [3.05, 3.63) is 76.9 Å². The Balaban J connectivity index is 1.88. The molecule has 1 spiro atoms. The molecule has 0 bridgehead atoms. The zero-order valence-electron chi connectivity index (χ0n) is 13.3. The minimum atomic E-state index is -0.674. The zero-order valence-corrected chi connectivity index (χ0v) is 13.3. The van der Waals surface area contributed by atoms with E-state index in [1.165, 1.54) is 5.56 Å². The molecular weight excluding hydrogens is 300 g/mol. The molecule has 0 saturated heterocycles. The fourth-order valence-corrected chi connectivity index (χ4v) is 4.29. The smallest absolute Gasteiger partial charge is 0.339 e. The summed E-state index contributed by atoms with van der Waals surface area (Å²) in [7, 11) is 1.69. The highest BCUT2D eigenvalue weighted by Gasteiger charge is 2.49. The first-order chi connectivity index (χ1) is 11.7. The van der Waals surface area contributed by atoms with Gasteiger partial charge in [-0.15, -0.1) is 0 Å². The van der Waals surface area contributed by atoms with Crippen LogP contribution in [0.5, 0.6) is 5.75 Å². The van der Waals surface area contributed by atoms with Gasteiger partial charge in [0, 0.05) is 16.5 Å². The van der Waals surface area contributed by atoms with Crippen LogP contribution in [0.1, 0.15) is 33.5 Å². The van der Waals surface area contributed by atoms with Gasteiger partial charge in [0.2, 0.25) is 0 Å². The van der Waals surface area contributed by atoms with Gasteiger partial charge in [-0.25, -0.2) is 4.79 Å². The van der Waals surface area contributed by atoms with Crippen LogP contribution in [-0.2, 0) is 16.8 Å². The van der Waals surface area contributed by atoms with Gasteiger partial charge in [-0.3, -0.25) is 0 Å². The summed E-state index contributed by atoms with van der Waals surface area (Å²) in [5.41, 5.74) is 3.34. The lowest BCUT2D eigenvalue weighted by molar-refractivity contribution is 0.00700. The van der Waals surface area contributed by atoms with Crippen LogP contribution in [0.15, 0.2) is 54.6 Å². The Bertz CT molecular complexity index is 1010. The van der Waals surface area contributed by atoms with E-state index in [0.29, 0.717) is 5.56 Å². The number of fused-ring (bicyclic) bond motifs is 3. The van der Waals surface area contributed by atoms with Crippen molar-refractivity contribution in [2.75, 3.05) is 7.11 Å². The Morgan fingerprint density at radius 3 is 2.71 bits per heavy atom. The second-order valence-corrected chi connectivity index (χ2v) is 6.42. The molecule has 0 fully saturated rings. The highest BCUT2D eigenvalue weighted by atomic mass is 16.6. The maximum Gasteiger partial charge on any atom is 0.339 e. The Morgan fingerprint density at radius 2 is 1.83 bits per heavy atom. The number of esters is 1. The van der Waals surface area contributed by atoms with Crippen LogP contribution in [-0.4, -0.2) is 13.1 Å². The summed E-state index contributed by atoms with van der Waals surface area (Å²) in [5, 5.41) is 2.24. The molecule has 1 aliphatic carbocycles. The normalized spacial score (nSPS) is 21.0. The van der Waals surface area contributed by atoms with E-state index in [2.05, 4.69) is 18.2 Å². The van der Waals surface area contributed by atoms with E-state index in [1.807, 2.05) is 36.4 Å². The molecular formula is C21H16O3. The molecule has 1 heterocycles. The van der Waals surface area contributed by atoms with Crippen molar-refractivity contribution in [2.45, 2.75) is 18.4 Å².